The van der Waals surface area contributed by atoms with Crippen molar-refractivity contribution in [1.82, 2.24) is 5.32 Å². The molecule has 1 saturated carbocycles. The quantitative estimate of drug-likeness (QED) is 0.845. The summed E-state index contributed by atoms with van der Waals surface area (Å²) in [5.74, 6) is 0.467. The molecule has 0 amide bonds. The SMILES string of the molecule is CC(C)NC(COc1ccc(F)cc1)=C1CC1. The summed E-state index contributed by atoms with van der Waals surface area (Å²) < 4.78 is 18.4. The molecule has 92 valence electrons. The third-order valence-corrected chi connectivity index (χ3v) is 2.59. The molecule has 0 aromatic heterocycles. The zero-order valence-electron chi connectivity index (χ0n) is 10.3. The monoisotopic (exact) mass is 235 g/mol. The topological polar surface area (TPSA) is 21.3 Å². The summed E-state index contributed by atoms with van der Waals surface area (Å²) in [7, 11) is 0. The first-order valence-electron chi connectivity index (χ1n) is 6.01. The van der Waals surface area contributed by atoms with Gasteiger partial charge in [0, 0.05) is 11.7 Å². The normalized spacial score (nSPS) is 13.8. The summed E-state index contributed by atoms with van der Waals surface area (Å²) in [6.45, 7) is 4.76. The fourth-order valence-corrected chi connectivity index (χ4v) is 1.64. The van der Waals surface area contributed by atoms with Gasteiger partial charge in [-0.15, -0.1) is 0 Å². The minimum atomic E-state index is -0.238. The van der Waals surface area contributed by atoms with E-state index in [-0.39, 0.29) is 5.82 Å². The largest absolute Gasteiger partial charge is 0.487 e. The highest BCUT2D eigenvalue weighted by Gasteiger charge is 2.18. The number of ether oxygens (including phenoxy) is 1. The van der Waals surface area contributed by atoms with Crippen LogP contribution in [0.15, 0.2) is 35.5 Å². The molecule has 3 heteroatoms. The Balaban J connectivity index is 1.92. The number of rotatable bonds is 5. The third kappa shape index (κ3) is 3.77. The van der Waals surface area contributed by atoms with Crippen molar-refractivity contribution in [3.63, 3.8) is 0 Å². The van der Waals surface area contributed by atoms with Gasteiger partial charge >= 0.3 is 0 Å². The van der Waals surface area contributed by atoms with Crippen LogP contribution in [0.25, 0.3) is 0 Å². The smallest absolute Gasteiger partial charge is 0.128 e. The van der Waals surface area contributed by atoms with E-state index in [9.17, 15) is 4.39 Å². The highest BCUT2D eigenvalue weighted by atomic mass is 19.1. The van der Waals surface area contributed by atoms with Gasteiger partial charge in [0.25, 0.3) is 0 Å². The second-order valence-corrected chi connectivity index (χ2v) is 4.62. The summed E-state index contributed by atoms with van der Waals surface area (Å²) in [5, 5.41) is 3.40. The van der Waals surface area contributed by atoms with E-state index in [0.717, 1.165) is 0 Å². The molecule has 1 N–H and O–H groups in total. The van der Waals surface area contributed by atoms with Gasteiger partial charge in [-0.3, -0.25) is 0 Å². The van der Waals surface area contributed by atoms with Crippen LogP contribution in [0.3, 0.4) is 0 Å². The molecule has 17 heavy (non-hydrogen) atoms. The van der Waals surface area contributed by atoms with Crippen molar-refractivity contribution in [2.24, 2.45) is 0 Å². The first-order chi connectivity index (χ1) is 8.15. The molecule has 0 saturated heterocycles. The lowest BCUT2D eigenvalue weighted by atomic mass is 10.3. The summed E-state index contributed by atoms with van der Waals surface area (Å²) in [6.07, 6.45) is 2.34. The van der Waals surface area contributed by atoms with Crippen LogP contribution in [0, 0.1) is 5.82 Å². The van der Waals surface area contributed by atoms with Crippen molar-refractivity contribution in [3.8, 4) is 5.75 Å². The Kier molecular flexibility index (Phi) is 3.67. The molecule has 1 aromatic rings. The van der Waals surface area contributed by atoms with Crippen molar-refractivity contribution >= 4 is 0 Å². The summed E-state index contributed by atoms with van der Waals surface area (Å²) in [5.41, 5.74) is 2.63. The highest BCUT2D eigenvalue weighted by Crippen LogP contribution is 2.31. The number of nitrogens with one attached hydrogen (secondary N) is 1. The Hall–Kier alpha value is -1.51. The molecule has 0 spiro atoms. The van der Waals surface area contributed by atoms with E-state index >= 15 is 0 Å². The standard InChI is InChI=1S/C14H18FNO/c1-10(2)16-14(11-3-4-11)9-17-13-7-5-12(15)6-8-13/h5-8,10,16H,3-4,9H2,1-2H3. The molecule has 0 heterocycles. The molecule has 1 aliphatic rings. The minimum Gasteiger partial charge on any atom is -0.487 e. The van der Waals surface area contributed by atoms with E-state index < -0.39 is 0 Å². The van der Waals surface area contributed by atoms with Gasteiger partial charge in [-0.25, -0.2) is 4.39 Å². The maximum atomic E-state index is 12.7. The summed E-state index contributed by atoms with van der Waals surface area (Å²) in [6, 6.07) is 6.54. The van der Waals surface area contributed by atoms with Crippen LogP contribution in [0.1, 0.15) is 26.7 Å². The van der Waals surface area contributed by atoms with Gasteiger partial charge in [0.2, 0.25) is 0 Å². The molecule has 0 unspecified atom stereocenters. The van der Waals surface area contributed by atoms with Gasteiger partial charge in [-0.2, -0.15) is 0 Å². The average molecular weight is 235 g/mol. The van der Waals surface area contributed by atoms with Crippen LogP contribution in [0.4, 0.5) is 4.39 Å². The molecule has 0 aliphatic heterocycles. The van der Waals surface area contributed by atoms with E-state index in [4.69, 9.17) is 4.74 Å². The van der Waals surface area contributed by atoms with E-state index in [1.807, 2.05) is 0 Å². The van der Waals surface area contributed by atoms with E-state index in [2.05, 4.69) is 19.2 Å². The number of halogens is 1. The zero-order valence-corrected chi connectivity index (χ0v) is 10.3. The first kappa shape index (κ1) is 12.0. The number of hydrogen-bond donors (Lipinski definition) is 1. The van der Waals surface area contributed by atoms with Gasteiger partial charge in [-0.1, -0.05) is 0 Å². The second-order valence-electron chi connectivity index (χ2n) is 4.62. The zero-order chi connectivity index (χ0) is 12.3. The van der Waals surface area contributed by atoms with Gasteiger partial charge in [0.1, 0.15) is 18.2 Å². The van der Waals surface area contributed by atoms with Crippen molar-refractivity contribution in [2.75, 3.05) is 6.61 Å². The van der Waals surface area contributed by atoms with Crippen LogP contribution in [-0.2, 0) is 0 Å². The van der Waals surface area contributed by atoms with Crippen molar-refractivity contribution in [2.45, 2.75) is 32.7 Å². The Labute approximate surface area is 101 Å². The predicted molar refractivity (Wildman–Crippen MR) is 66.4 cm³/mol. The lowest BCUT2D eigenvalue weighted by Crippen LogP contribution is -2.25. The molecule has 1 aromatic carbocycles. The van der Waals surface area contributed by atoms with Crippen LogP contribution in [-0.4, -0.2) is 12.6 Å². The molecule has 1 aliphatic carbocycles. The average Bonchev–Trinajstić information content (AvgIpc) is 3.10. The molecule has 2 rings (SSSR count). The lowest BCUT2D eigenvalue weighted by Gasteiger charge is -2.15. The van der Waals surface area contributed by atoms with Crippen LogP contribution >= 0.6 is 0 Å². The number of allylic oxidation sites excluding steroid dienone is 1. The molecular weight excluding hydrogens is 217 g/mol. The molecular formula is C14H18FNO. The van der Waals surface area contributed by atoms with E-state index in [0.29, 0.717) is 18.4 Å². The van der Waals surface area contributed by atoms with Crippen LogP contribution in [0.2, 0.25) is 0 Å². The Morgan fingerprint density at radius 3 is 2.47 bits per heavy atom. The molecule has 2 nitrogen and oxygen atoms in total. The maximum absolute atomic E-state index is 12.7. The maximum Gasteiger partial charge on any atom is 0.128 e. The Morgan fingerprint density at radius 2 is 1.94 bits per heavy atom. The van der Waals surface area contributed by atoms with Gasteiger partial charge in [-0.05, 0) is 56.5 Å². The summed E-state index contributed by atoms with van der Waals surface area (Å²) in [4.78, 5) is 0. The third-order valence-electron chi connectivity index (χ3n) is 2.59. The van der Waals surface area contributed by atoms with E-state index in [1.54, 1.807) is 12.1 Å². The first-order valence-corrected chi connectivity index (χ1v) is 6.01. The van der Waals surface area contributed by atoms with Crippen molar-refractivity contribution < 1.29 is 9.13 Å². The van der Waals surface area contributed by atoms with Crippen molar-refractivity contribution in [1.29, 1.82) is 0 Å². The molecule has 0 bridgehead atoms. The Morgan fingerprint density at radius 1 is 1.29 bits per heavy atom. The number of benzene rings is 1. The van der Waals surface area contributed by atoms with Crippen LogP contribution in [0.5, 0.6) is 5.75 Å². The molecule has 1 fully saturated rings. The minimum absolute atomic E-state index is 0.238. The lowest BCUT2D eigenvalue weighted by molar-refractivity contribution is 0.337. The number of hydrogen-bond acceptors (Lipinski definition) is 2. The molecule has 0 atom stereocenters. The fraction of sp³-hybridized carbons (Fsp3) is 0.429. The highest BCUT2D eigenvalue weighted by molar-refractivity contribution is 5.27. The summed E-state index contributed by atoms with van der Waals surface area (Å²) >= 11 is 0. The Bertz CT molecular complexity index is 403. The van der Waals surface area contributed by atoms with E-state index in [1.165, 1.54) is 36.2 Å². The predicted octanol–water partition coefficient (Wildman–Crippen LogP) is 3.25. The van der Waals surface area contributed by atoms with Gasteiger partial charge in [0.05, 0.1) is 0 Å². The van der Waals surface area contributed by atoms with Gasteiger partial charge in [0.15, 0.2) is 0 Å². The van der Waals surface area contributed by atoms with Crippen molar-refractivity contribution in [3.05, 3.63) is 41.4 Å². The second kappa shape index (κ2) is 5.21. The molecule has 0 radical (unpaired) electrons. The van der Waals surface area contributed by atoms with Gasteiger partial charge < -0.3 is 10.1 Å². The van der Waals surface area contributed by atoms with Crippen LogP contribution < -0.4 is 10.1 Å². The fourth-order valence-electron chi connectivity index (χ4n) is 1.64.